The van der Waals surface area contributed by atoms with Gasteiger partial charge in [0, 0.05) is 24.0 Å². The summed E-state index contributed by atoms with van der Waals surface area (Å²) < 4.78 is 39.5. The monoisotopic (exact) mass is 440 g/mol. The number of ether oxygens (including phenoxy) is 2. The number of hydrogen-bond acceptors (Lipinski definition) is 8. The third-order valence-electron chi connectivity index (χ3n) is 4.37. The molecule has 2 heterocycles. The number of fused-ring (bicyclic) bond motifs is 1. The molecule has 1 aromatic carbocycles. The predicted octanol–water partition coefficient (Wildman–Crippen LogP) is 2.72. The quantitative estimate of drug-likeness (QED) is 0.663. The Hall–Kier alpha value is -2.24. The maximum atomic E-state index is 12.9. The van der Waals surface area contributed by atoms with E-state index in [1.165, 1.54) is 0 Å². The molecule has 9 nitrogen and oxygen atoms in total. The molecule has 0 spiro atoms. The molecule has 2 N–H and O–H groups in total. The van der Waals surface area contributed by atoms with Gasteiger partial charge in [-0.3, -0.25) is 4.79 Å². The summed E-state index contributed by atoms with van der Waals surface area (Å²) in [4.78, 5) is 11.8. The van der Waals surface area contributed by atoms with Crippen LogP contribution in [-0.4, -0.2) is 37.2 Å². The Bertz CT molecular complexity index is 1020. The van der Waals surface area contributed by atoms with Crippen LogP contribution >= 0.6 is 11.3 Å². The van der Waals surface area contributed by atoms with E-state index in [1.807, 2.05) is 13.8 Å². The molecule has 0 saturated heterocycles. The van der Waals surface area contributed by atoms with E-state index in [-0.39, 0.29) is 21.3 Å². The van der Waals surface area contributed by atoms with Crippen LogP contribution in [0.1, 0.15) is 45.7 Å². The van der Waals surface area contributed by atoms with Crippen molar-refractivity contribution < 1.29 is 22.7 Å². The van der Waals surface area contributed by atoms with E-state index in [4.69, 9.17) is 9.47 Å². The highest BCUT2D eigenvalue weighted by Crippen LogP contribution is 2.42. The molecule has 0 bridgehead atoms. The average Bonchev–Trinajstić information content (AvgIpc) is 3.09. The van der Waals surface area contributed by atoms with Gasteiger partial charge in [0.1, 0.15) is 17.1 Å². The number of nitrogens with zero attached hydrogens (tertiary/aromatic N) is 2. The molecule has 29 heavy (non-hydrogen) atoms. The van der Waals surface area contributed by atoms with E-state index in [0.717, 1.165) is 11.3 Å². The zero-order chi connectivity index (χ0) is 21.4. The Kier molecular flexibility index (Phi) is 5.84. The van der Waals surface area contributed by atoms with Gasteiger partial charge in [0.15, 0.2) is 0 Å². The largest absolute Gasteiger partial charge is 0.497 e. The normalized spacial score (nSPS) is 18.1. The fourth-order valence-corrected chi connectivity index (χ4v) is 5.05. The van der Waals surface area contributed by atoms with E-state index >= 15 is 0 Å². The number of methoxy groups -OCH3 is 1. The van der Waals surface area contributed by atoms with Gasteiger partial charge in [0.05, 0.1) is 13.2 Å². The Morgan fingerprint density at radius 3 is 2.72 bits per heavy atom. The first-order chi connectivity index (χ1) is 13.5. The minimum atomic E-state index is -3.95. The van der Waals surface area contributed by atoms with Gasteiger partial charge in [-0.15, -0.1) is 10.2 Å². The van der Waals surface area contributed by atoms with Crippen LogP contribution in [-0.2, 0) is 14.8 Å². The summed E-state index contributed by atoms with van der Waals surface area (Å²) in [6.07, 6.45) is 0.432. The molecule has 0 fully saturated rings. The van der Waals surface area contributed by atoms with Gasteiger partial charge in [-0.05, 0) is 19.9 Å². The molecule has 0 unspecified atom stereocenters. The minimum Gasteiger partial charge on any atom is -0.497 e. The van der Waals surface area contributed by atoms with Crippen molar-refractivity contribution in [3.63, 3.8) is 0 Å². The number of rotatable bonds is 6. The predicted molar refractivity (Wildman–Crippen MR) is 109 cm³/mol. The highest BCUT2D eigenvalue weighted by atomic mass is 32.2. The van der Waals surface area contributed by atoms with Gasteiger partial charge in [-0.1, -0.05) is 31.3 Å². The van der Waals surface area contributed by atoms with Gasteiger partial charge in [0.2, 0.25) is 15.4 Å². The fraction of sp³-hybridized carbons (Fsp3) is 0.500. The average molecular weight is 441 g/mol. The zero-order valence-corrected chi connectivity index (χ0v) is 18.5. The van der Waals surface area contributed by atoms with Crippen molar-refractivity contribution in [2.24, 2.45) is 5.92 Å². The summed E-state index contributed by atoms with van der Waals surface area (Å²) in [6.45, 7) is 7.24. The van der Waals surface area contributed by atoms with E-state index in [1.54, 1.807) is 39.2 Å². The molecule has 1 amide bonds. The lowest BCUT2D eigenvalue weighted by Gasteiger charge is -2.37. The maximum Gasteiger partial charge on any atom is 0.270 e. The highest BCUT2D eigenvalue weighted by Gasteiger charge is 2.37. The van der Waals surface area contributed by atoms with Crippen LogP contribution in [0.3, 0.4) is 0 Å². The van der Waals surface area contributed by atoms with Crippen molar-refractivity contribution in [1.29, 1.82) is 0 Å². The Morgan fingerprint density at radius 1 is 1.34 bits per heavy atom. The number of sulfonamides is 1. The fourth-order valence-electron chi connectivity index (χ4n) is 2.92. The number of nitrogens with one attached hydrogen (secondary N) is 2. The molecular weight excluding hydrogens is 416 g/mol. The second kappa shape index (κ2) is 7.88. The third-order valence-corrected chi connectivity index (χ3v) is 7.04. The summed E-state index contributed by atoms with van der Waals surface area (Å²) in [5, 5.41) is 10.2. The first kappa shape index (κ1) is 21.5. The van der Waals surface area contributed by atoms with E-state index in [2.05, 4.69) is 20.2 Å². The molecule has 0 radical (unpaired) electrons. The van der Waals surface area contributed by atoms with E-state index in [9.17, 15) is 13.2 Å². The Morgan fingerprint density at radius 2 is 2.07 bits per heavy atom. The van der Waals surface area contributed by atoms with Gasteiger partial charge >= 0.3 is 0 Å². The molecule has 1 atom stereocenters. The van der Waals surface area contributed by atoms with Crippen molar-refractivity contribution in [2.75, 3.05) is 12.4 Å². The topological polar surface area (TPSA) is 120 Å². The van der Waals surface area contributed by atoms with Crippen molar-refractivity contribution in [1.82, 2.24) is 14.9 Å². The molecule has 1 aliphatic rings. The van der Waals surface area contributed by atoms with Crippen LogP contribution in [0.25, 0.3) is 0 Å². The van der Waals surface area contributed by atoms with Crippen molar-refractivity contribution >= 4 is 32.4 Å². The minimum absolute atomic E-state index is 0.140. The molecule has 3 rings (SSSR count). The molecule has 2 aromatic rings. The molecule has 0 aliphatic carbocycles. The first-order valence-electron chi connectivity index (χ1n) is 9.04. The lowest BCUT2D eigenvalue weighted by Crippen LogP contribution is -2.41. The van der Waals surface area contributed by atoms with Crippen molar-refractivity contribution in [2.45, 2.75) is 50.1 Å². The SMILES string of the molecule is COc1ccc2c(c1)OC(C)(C)C[C@@H]2NS(=O)(=O)c1nnc(NC(=O)C(C)C)s1. The van der Waals surface area contributed by atoms with Crippen molar-refractivity contribution in [3.05, 3.63) is 23.8 Å². The second-order valence-corrected chi connectivity index (χ2v) is 10.5. The van der Waals surface area contributed by atoms with Crippen LogP contribution in [0.15, 0.2) is 22.5 Å². The van der Waals surface area contributed by atoms with Crippen LogP contribution in [0.4, 0.5) is 5.13 Å². The number of benzene rings is 1. The summed E-state index contributed by atoms with van der Waals surface area (Å²) in [5.74, 6) is 0.676. The second-order valence-electron chi connectivity index (χ2n) is 7.66. The van der Waals surface area contributed by atoms with Crippen LogP contribution < -0.4 is 19.5 Å². The summed E-state index contributed by atoms with van der Waals surface area (Å²) in [7, 11) is -2.39. The molecule has 1 aliphatic heterocycles. The maximum absolute atomic E-state index is 12.9. The third kappa shape index (κ3) is 4.85. The lowest BCUT2D eigenvalue weighted by atomic mass is 9.90. The lowest BCUT2D eigenvalue weighted by molar-refractivity contribution is -0.118. The summed E-state index contributed by atoms with van der Waals surface area (Å²) in [5.41, 5.74) is 0.135. The van der Waals surface area contributed by atoms with Gasteiger partial charge in [-0.25, -0.2) is 13.1 Å². The Labute approximate surface area is 173 Å². The number of anilines is 1. The first-order valence-corrected chi connectivity index (χ1v) is 11.3. The Balaban J connectivity index is 1.85. The number of aromatic nitrogens is 2. The van der Waals surface area contributed by atoms with Gasteiger partial charge in [-0.2, -0.15) is 0 Å². The molecule has 11 heteroatoms. The van der Waals surface area contributed by atoms with Crippen LogP contribution in [0, 0.1) is 5.92 Å². The standard InChI is InChI=1S/C18H24N4O5S2/c1-10(2)15(23)19-16-20-21-17(28-16)29(24,25)22-13-9-18(3,4)27-14-8-11(26-5)6-7-12(13)14/h6-8,10,13,22H,9H2,1-5H3,(H,19,20,23)/t13-/m0/s1. The van der Waals surface area contributed by atoms with E-state index in [0.29, 0.717) is 23.5 Å². The number of carbonyl (C=O) groups is 1. The molecule has 0 saturated carbocycles. The van der Waals surface area contributed by atoms with Gasteiger partial charge < -0.3 is 14.8 Å². The van der Waals surface area contributed by atoms with Crippen LogP contribution in [0.2, 0.25) is 0 Å². The van der Waals surface area contributed by atoms with E-state index < -0.39 is 21.7 Å². The molecular formula is C18H24N4O5S2. The number of carbonyl (C=O) groups excluding carboxylic acids is 1. The van der Waals surface area contributed by atoms with Gasteiger partial charge in [0.25, 0.3) is 10.0 Å². The summed E-state index contributed by atoms with van der Waals surface area (Å²) in [6, 6.07) is 4.77. The summed E-state index contributed by atoms with van der Waals surface area (Å²) >= 11 is 0.806. The molecule has 1 aromatic heterocycles. The number of amides is 1. The highest BCUT2D eigenvalue weighted by molar-refractivity contribution is 7.91. The van der Waals surface area contributed by atoms with Crippen LogP contribution in [0.5, 0.6) is 11.5 Å². The van der Waals surface area contributed by atoms with Crippen molar-refractivity contribution in [3.8, 4) is 11.5 Å². The smallest absolute Gasteiger partial charge is 0.270 e. The molecule has 158 valence electrons. The number of hydrogen-bond donors (Lipinski definition) is 2. The zero-order valence-electron chi connectivity index (χ0n) is 16.8.